The lowest BCUT2D eigenvalue weighted by Crippen LogP contribution is -2.37. The van der Waals surface area contributed by atoms with Gasteiger partial charge >= 0.3 is 5.97 Å². The quantitative estimate of drug-likeness (QED) is 0.690. The Labute approximate surface area is 169 Å². The number of benzene rings is 2. The first kappa shape index (κ1) is 19.1. The van der Waals surface area contributed by atoms with Crippen molar-refractivity contribution in [2.75, 3.05) is 26.8 Å². The van der Waals surface area contributed by atoms with Gasteiger partial charge in [0.1, 0.15) is 11.7 Å². The van der Waals surface area contributed by atoms with Gasteiger partial charge in [-0.3, -0.25) is 9.59 Å². The van der Waals surface area contributed by atoms with E-state index < -0.39 is 5.92 Å². The number of hydrogen-bond acceptors (Lipinski definition) is 4. The number of amides is 1. The topological polar surface area (TPSA) is 71.6 Å². The van der Waals surface area contributed by atoms with E-state index >= 15 is 0 Å². The van der Waals surface area contributed by atoms with Gasteiger partial charge in [0.05, 0.1) is 13.7 Å². The highest BCUT2D eigenvalue weighted by Gasteiger charge is 2.34. The molecule has 150 valence electrons. The fourth-order valence-electron chi connectivity index (χ4n) is 4.00. The molecule has 1 unspecified atom stereocenters. The molecule has 6 nitrogen and oxygen atoms in total. The van der Waals surface area contributed by atoms with E-state index in [1.165, 1.54) is 0 Å². The Morgan fingerprint density at radius 2 is 2.00 bits per heavy atom. The van der Waals surface area contributed by atoms with Gasteiger partial charge in [0.25, 0.3) is 5.91 Å². The Balaban J connectivity index is 1.71. The molecule has 1 amide bonds. The third-order valence-corrected chi connectivity index (χ3v) is 5.40. The summed E-state index contributed by atoms with van der Waals surface area (Å²) in [6, 6.07) is 15.1. The second-order valence-electron chi connectivity index (χ2n) is 7.10. The Hall–Kier alpha value is -3.28. The summed E-state index contributed by atoms with van der Waals surface area (Å²) in [5.74, 6) is -0.350. The second kappa shape index (κ2) is 7.99. The van der Waals surface area contributed by atoms with Crippen LogP contribution in [0.25, 0.3) is 10.9 Å². The number of esters is 1. The summed E-state index contributed by atoms with van der Waals surface area (Å²) in [5.41, 5.74) is 3.48. The summed E-state index contributed by atoms with van der Waals surface area (Å²) < 4.78 is 10.6. The average Bonchev–Trinajstić information content (AvgIpc) is 3.01. The summed E-state index contributed by atoms with van der Waals surface area (Å²) in [6.07, 6.45) is 0.672. The number of para-hydroxylation sites is 1. The highest BCUT2D eigenvalue weighted by Crippen LogP contribution is 2.33. The summed E-state index contributed by atoms with van der Waals surface area (Å²) in [5, 5.41) is 1.09. The number of fused-ring (bicyclic) bond motifs is 3. The fourth-order valence-corrected chi connectivity index (χ4v) is 4.00. The Bertz CT molecular complexity index is 1060. The van der Waals surface area contributed by atoms with Crippen molar-refractivity contribution in [2.45, 2.75) is 19.3 Å². The van der Waals surface area contributed by atoms with Crippen molar-refractivity contribution in [3.05, 3.63) is 65.4 Å². The molecule has 0 fully saturated rings. The lowest BCUT2D eigenvalue weighted by atomic mass is 10.00. The van der Waals surface area contributed by atoms with E-state index in [9.17, 15) is 9.59 Å². The molecular weight excluding hydrogens is 368 g/mol. The first-order valence-electron chi connectivity index (χ1n) is 9.81. The highest BCUT2D eigenvalue weighted by molar-refractivity contribution is 5.96. The second-order valence-corrected chi connectivity index (χ2v) is 7.10. The van der Waals surface area contributed by atoms with Crippen molar-refractivity contribution >= 4 is 22.8 Å². The maximum atomic E-state index is 13.2. The smallest absolute Gasteiger partial charge is 0.316 e. The monoisotopic (exact) mass is 392 g/mol. The molecule has 2 heterocycles. The minimum absolute atomic E-state index is 0.118. The van der Waals surface area contributed by atoms with E-state index in [2.05, 4.69) is 4.98 Å². The van der Waals surface area contributed by atoms with Crippen LogP contribution in [0, 0.1) is 0 Å². The number of aromatic amines is 1. The number of nitrogens with zero attached hydrogens (tertiary/aromatic N) is 1. The van der Waals surface area contributed by atoms with Crippen LogP contribution in [0.2, 0.25) is 0 Å². The molecule has 0 saturated carbocycles. The van der Waals surface area contributed by atoms with Crippen molar-refractivity contribution in [2.24, 2.45) is 0 Å². The van der Waals surface area contributed by atoms with Crippen LogP contribution in [0.15, 0.2) is 48.5 Å². The molecule has 4 rings (SSSR count). The van der Waals surface area contributed by atoms with E-state index in [1.807, 2.05) is 24.3 Å². The zero-order chi connectivity index (χ0) is 20.4. The van der Waals surface area contributed by atoms with E-state index in [1.54, 1.807) is 43.2 Å². The summed E-state index contributed by atoms with van der Waals surface area (Å²) >= 11 is 0. The van der Waals surface area contributed by atoms with E-state index in [0.29, 0.717) is 30.9 Å². The van der Waals surface area contributed by atoms with Crippen LogP contribution in [-0.4, -0.2) is 48.6 Å². The van der Waals surface area contributed by atoms with Crippen LogP contribution in [-0.2, 0) is 16.0 Å². The predicted octanol–water partition coefficient (Wildman–Crippen LogP) is 3.52. The molecule has 2 aromatic carbocycles. The molecule has 1 aromatic heterocycles. The first-order valence-corrected chi connectivity index (χ1v) is 9.81. The van der Waals surface area contributed by atoms with Gasteiger partial charge in [0.2, 0.25) is 0 Å². The molecule has 3 aromatic rings. The molecule has 0 saturated heterocycles. The standard InChI is InChI=1S/C23H24N2O4/c1-3-29-23(27)19-14-25(22(26)15-7-6-8-16(13-15)28-2)12-11-18-17-9-4-5-10-20(17)24-21(18)19/h4-10,13,19,24H,3,11-12,14H2,1-2H3. The summed E-state index contributed by atoms with van der Waals surface area (Å²) in [4.78, 5) is 31.1. The summed E-state index contributed by atoms with van der Waals surface area (Å²) in [6.45, 7) is 2.89. The number of carbonyl (C=O) groups excluding carboxylic acids is 2. The number of hydrogen-bond donors (Lipinski definition) is 1. The van der Waals surface area contributed by atoms with Crippen molar-refractivity contribution in [1.82, 2.24) is 9.88 Å². The molecule has 0 radical (unpaired) electrons. The third kappa shape index (κ3) is 3.58. The van der Waals surface area contributed by atoms with Gasteiger partial charge in [-0.1, -0.05) is 24.3 Å². The van der Waals surface area contributed by atoms with E-state index in [0.717, 1.165) is 22.2 Å². The van der Waals surface area contributed by atoms with Gasteiger partial charge in [-0.05, 0) is 43.2 Å². The Kier molecular flexibility index (Phi) is 5.25. The van der Waals surface area contributed by atoms with Gasteiger partial charge < -0.3 is 19.4 Å². The number of H-pyrrole nitrogens is 1. The molecule has 0 aliphatic carbocycles. The van der Waals surface area contributed by atoms with Crippen LogP contribution >= 0.6 is 0 Å². The molecule has 1 aliphatic rings. The maximum Gasteiger partial charge on any atom is 0.316 e. The molecule has 0 bridgehead atoms. The number of aromatic nitrogens is 1. The SMILES string of the molecule is CCOC(=O)C1CN(C(=O)c2cccc(OC)c2)CCc2c1[nH]c1ccccc21. The predicted molar refractivity (Wildman–Crippen MR) is 110 cm³/mol. The van der Waals surface area contributed by atoms with Crippen LogP contribution in [0.1, 0.15) is 34.5 Å². The Morgan fingerprint density at radius 1 is 1.17 bits per heavy atom. The van der Waals surface area contributed by atoms with Gasteiger partial charge in [0.15, 0.2) is 0 Å². The molecule has 1 atom stereocenters. The lowest BCUT2D eigenvalue weighted by molar-refractivity contribution is -0.145. The van der Waals surface area contributed by atoms with Gasteiger partial charge in [-0.25, -0.2) is 0 Å². The molecular formula is C23H24N2O4. The van der Waals surface area contributed by atoms with Crippen LogP contribution < -0.4 is 4.74 Å². The Morgan fingerprint density at radius 3 is 2.79 bits per heavy atom. The maximum absolute atomic E-state index is 13.2. The average molecular weight is 392 g/mol. The van der Waals surface area contributed by atoms with Gasteiger partial charge in [0, 0.05) is 35.2 Å². The van der Waals surface area contributed by atoms with E-state index in [4.69, 9.17) is 9.47 Å². The highest BCUT2D eigenvalue weighted by atomic mass is 16.5. The molecule has 29 heavy (non-hydrogen) atoms. The van der Waals surface area contributed by atoms with Gasteiger partial charge in [-0.2, -0.15) is 0 Å². The summed E-state index contributed by atoms with van der Waals surface area (Å²) in [7, 11) is 1.57. The first-order chi connectivity index (χ1) is 14.1. The zero-order valence-electron chi connectivity index (χ0n) is 16.6. The van der Waals surface area contributed by atoms with Crippen LogP contribution in [0.4, 0.5) is 0 Å². The normalized spacial score (nSPS) is 16.2. The largest absolute Gasteiger partial charge is 0.497 e. The van der Waals surface area contributed by atoms with Crippen molar-refractivity contribution in [1.29, 1.82) is 0 Å². The molecule has 1 aliphatic heterocycles. The molecule has 6 heteroatoms. The van der Waals surface area contributed by atoms with Gasteiger partial charge in [-0.15, -0.1) is 0 Å². The minimum atomic E-state index is -0.547. The lowest BCUT2D eigenvalue weighted by Gasteiger charge is -2.24. The molecule has 0 spiro atoms. The number of carbonyl (C=O) groups is 2. The van der Waals surface area contributed by atoms with Crippen LogP contribution in [0.5, 0.6) is 5.75 Å². The number of ether oxygens (including phenoxy) is 2. The number of nitrogens with one attached hydrogen (secondary N) is 1. The fraction of sp³-hybridized carbons (Fsp3) is 0.304. The minimum Gasteiger partial charge on any atom is -0.497 e. The molecule has 1 N–H and O–H groups in total. The van der Waals surface area contributed by atoms with E-state index in [-0.39, 0.29) is 18.4 Å². The van der Waals surface area contributed by atoms with Crippen molar-refractivity contribution in [3.63, 3.8) is 0 Å². The van der Waals surface area contributed by atoms with Crippen molar-refractivity contribution < 1.29 is 19.1 Å². The number of methoxy groups -OCH3 is 1. The number of rotatable bonds is 4. The van der Waals surface area contributed by atoms with Crippen LogP contribution in [0.3, 0.4) is 0 Å². The zero-order valence-corrected chi connectivity index (χ0v) is 16.6. The third-order valence-electron chi connectivity index (χ3n) is 5.40. The van der Waals surface area contributed by atoms with Crippen molar-refractivity contribution in [3.8, 4) is 5.75 Å².